The van der Waals surface area contributed by atoms with E-state index in [0.717, 1.165) is 10.0 Å². The van der Waals surface area contributed by atoms with E-state index in [1.54, 1.807) is 0 Å². The zero-order valence-corrected chi connectivity index (χ0v) is 11.3. The third kappa shape index (κ3) is 2.86. The van der Waals surface area contributed by atoms with Crippen LogP contribution in [0.4, 0.5) is 0 Å². The molecule has 1 aliphatic rings. The lowest BCUT2D eigenvalue weighted by Crippen LogP contribution is -2.16. The summed E-state index contributed by atoms with van der Waals surface area (Å²) < 4.78 is 1.07. The first kappa shape index (κ1) is 12.1. The van der Waals surface area contributed by atoms with E-state index in [-0.39, 0.29) is 6.10 Å². The predicted molar refractivity (Wildman–Crippen MR) is 70.4 cm³/mol. The second kappa shape index (κ2) is 5.33. The summed E-state index contributed by atoms with van der Waals surface area (Å²) in [6.07, 6.45) is 5.94. The molecule has 0 radical (unpaired) electrons. The Hall–Kier alpha value is -0.340. The van der Waals surface area contributed by atoms with Crippen LogP contribution in [0.25, 0.3) is 0 Å². The fourth-order valence-corrected chi connectivity index (χ4v) is 3.28. The molecule has 88 valence electrons. The summed E-state index contributed by atoms with van der Waals surface area (Å²) >= 11 is 3.49. The quantitative estimate of drug-likeness (QED) is 0.854. The van der Waals surface area contributed by atoms with E-state index in [0.29, 0.717) is 5.92 Å². The van der Waals surface area contributed by atoms with Gasteiger partial charge in [-0.15, -0.1) is 0 Å². The Bertz CT molecular complexity index is 336. The molecule has 1 N–H and O–H groups in total. The highest BCUT2D eigenvalue weighted by Gasteiger charge is 2.23. The van der Waals surface area contributed by atoms with Crippen LogP contribution in [0.15, 0.2) is 22.7 Å². The van der Waals surface area contributed by atoms with Gasteiger partial charge in [0.1, 0.15) is 0 Å². The third-order valence-electron chi connectivity index (χ3n) is 3.50. The van der Waals surface area contributed by atoms with Gasteiger partial charge in [-0.2, -0.15) is 0 Å². The minimum atomic E-state index is -0.281. The number of aliphatic hydroxyl groups excluding tert-OH is 1. The molecule has 0 aliphatic heterocycles. The van der Waals surface area contributed by atoms with Crippen LogP contribution in [0, 0.1) is 12.8 Å². The van der Waals surface area contributed by atoms with E-state index >= 15 is 0 Å². The number of aryl methyl sites for hydroxylation is 1. The Morgan fingerprint density at radius 1 is 1.19 bits per heavy atom. The van der Waals surface area contributed by atoms with Crippen LogP contribution in [0.5, 0.6) is 0 Å². The van der Waals surface area contributed by atoms with Crippen molar-refractivity contribution in [3.8, 4) is 0 Å². The summed E-state index contributed by atoms with van der Waals surface area (Å²) in [4.78, 5) is 0. The van der Waals surface area contributed by atoms with Gasteiger partial charge in [-0.1, -0.05) is 41.3 Å². The van der Waals surface area contributed by atoms with E-state index in [1.807, 2.05) is 6.07 Å². The van der Waals surface area contributed by atoms with Gasteiger partial charge in [0.15, 0.2) is 0 Å². The average molecular weight is 283 g/mol. The first-order valence-electron chi connectivity index (χ1n) is 6.12. The molecule has 0 spiro atoms. The van der Waals surface area contributed by atoms with Gasteiger partial charge in [0, 0.05) is 4.47 Å². The van der Waals surface area contributed by atoms with E-state index in [2.05, 4.69) is 35.0 Å². The van der Waals surface area contributed by atoms with Crippen LogP contribution >= 0.6 is 15.9 Å². The molecule has 0 saturated heterocycles. The maximum Gasteiger partial charge on any atom is 0.0818 e. The Balaban J connectivity index is 2.15. The lowest BCUT2D eigenvalue weighted by molar-refractivity contribution is 0.0847. The molecule has 1 aromatic carbocycles. The van der Waals surface area contributed by atoms with Crippen molar-refractivity contribution in [1.29, 1.82) is 0 Å². The molecule has 1 saturated carbocycles. The van der Waals surface area contributed by atoms with E-state index in [1.165, 1.54) is 37.7 Å². The van der Waals surface area contributed by atoms with Crippen molar-refractivity contribution >= 4 is 15.9 Å². The normalized spacial score (nSPS) is 19.7. The second-order valence-electron chi connectivity index (χ2n) is 4.90. The lowest BCUT2D eigenvalue weighted by atomic mass is 9.82. The van der Waals surface area contributed by atoms with Crippen molar-refractivity contribution in [2.75, 3.05) is 0 Å². The van der Waals surface area contributed by atoms with E-state index < -0.39 is 0 Å². The van der Waals surface area contributed by atoms with Gasteiger partial charge >= 0.3 is 0 Å². The van der Waals surface area contributed by atoms with Gasteiger partial charge in [0.25, 0.3) is 0 Å². The minimum absolute atomic E-state index is 0.281. The van der Waals surface area contributed by atoms with Crippen LogP contribution in [-0.2, 0) is 0 Å². The summed E-state index contributed by atoms with van der Waals surface area (Å²) in [5.41, 5.74) is 2.28. The summed E-state index contributed by atoms with van der Waals surface area (Å²) in [6, 6.07) is 6.23. The molecule has 1 nitrogen and oxygen atoms in total. The molecule has 1 atom stereocenters. The smallest absolute Gasteiger partial charge is 0.0818 e. The van der Waals surface area contributed by atoms with Crippen LogP contribution in [0.1, 0.15) is 49.3 Å². The molecule has 1 aliphatic carbocycles. The van der Waals surface area contributed by atoms with Crippen LogP contribution in [-0.4, -0.2) is 5.11 Å². The Morgan fingerprint density at radius 2 is 1.88 bits per heavy atom. The van der Waals surface area contributed by atoms with Crippen molar-refractivity contribution < 1.29 is 5.11 Å². The zero-order chi connectivity index (χ0) is 11.5. The number of hydrogen-bond acceptors (Lipinski definition) is 1. The first-order valence-corrected chi connectivity index (χ1v) is 6.91. The SMILES string of the molecule is Cc1cc(Br)cc(C(O)C2CCCCC2)c1. The second-order valence-corrected chi connectivity index (χ2v) is 5.82. The van der Waals surface area contributed by atoms with Crippen molar-refractivity contribution in [2.24, 2.45) is 5.92 Å². The van der Waals surface area contributed by atoms with Crippen LogP contribution < -0.4 is 0 Å². The Morgan fingerprint density at radius 3 is 2.50 bits per heavy atom. The van der Waals surface area contributed by atoms with Crippen molar-refractivity contribution in [2.45, 2.75) is 45.1 Å². The monoisotopic (exact) mass is 282 g/mol. The highest BCUT2D eigenvalue weighted by Crippen LogP contribution is 2.35. The first-order chi connectivity index (χ1) is 7.66. The fourth-order valence-electron chi connectivity index (χ4n) is 2.66. The zero-order valence-electron chi connectivity index (χ0n) is 9.75. The van der Waals surface area contributed by atoms with Gasteiger partial charge in [-0.3, -0.25) is 0 Å². The highest BCUT2D eigenvalue weighted by atomic mass is 79.9. The maximum absolute atomic E-state index is 10.4. The number of rotatable bonds is 2. The molecule has 2 heteroatoms. The lowest BCUT2D eigenvalue weighted by Gasteiger charge is -2.27. The summed E-state index contributed by atoms with van der Waals surface area (Å²) in [5, 5.41) is 10.4. The average Bonchev–Trinajstić information content (AvgIpc) is 2.28. The predicted octanol–water partition coefficient (Wildman–Crippen LogP) is 4.37. The maximum atomic E-state index is 10.4. The molecular weight excluding hydrogens is 264 g/mol. The number of hydrogen-bond donors (Lipinski definition) is 1. The molecule has 0 heterocycles. The molecule has 0 aromatic heterocycles. The largest absolute Gasteiger partial charge is 0.388 e. The fraction of sp³-hybridized carbons (Fsp3) is 0.571. The topological polar surface area (TPSA) is 20.2 Å². The van der Waals surface area contributed by atoms with Crippen molar-refractivity contribution in [3.05, 3.63) is 33.8 Å². The number of halogens is 1. The Kier molecular flexibility index (Phi) is 4.04. The van der Waals surface area contributed by atoms with Crippen LogP contribution in [0.3, 0.4) is 0 Å². The minimum Gasteiger partial charge on any atom is -0.388 e. The molecule has 0 bridgehead atoms. The molecule has 1 unspecified atom stereocenters. The number of aliphatic hydroxyl groups is 1. The van der Waals surface area contributed by atoms with Gasteiger partial charge in [-0.05, 0) is 48.9 Å². The highest BCUT2D eigenvalue weighted by molar-refractivity contribution is 9.10. The summed E-state index contributed by atoms with van der Waals surface area (Å²) in [6.45, 7) is 2.07. The number of benzene rings is 1. The summed E-state index contributed by atoms with van der Waals surface area (Å²) in [7, 11) is 0. The molecule has 0 amide bonds. The molecule has 2 rings (SSSR count). The molecular formula is C14H19BrO. The Labute approximate surface area is 106 Å². The van der Waals surface area contributed by atoms with E-state index in [9.17, 15) is 5.11 Å². The summed E-state index contributed by atoms with van der Waals surface area (Å²) in [5.74, 6) is 0.461. The third-order valence-corrected chi connectivity index (χ3v) is 3.96. The molecule has 16 heavy (non-hydrogen) atoms. The van der Waals surface area contributed by atoms with Crippen molar-refractivity contribution in [1.82, 2.24) is 0 Å². The molecule has 1 fully saturated rings. The van der Waals surface area contributed by atoms with E-state index in [4.69, 9.17) is 0 Å². The van der Waals surface area contributed by atoms with Gasteiger partial charge in [-0.25, -0.2) is 0 Å². The molecule has 1 aromatic rings. The van der Waals surface area contributed by atoms with Crippen molar-refractivity contribution in [3.63, 3.8) is 0 Å². The standard InChI is InChI=1S/C14H19BrO/c1-10-7-12(9-13(15)8-10)14(16)11-5-3-2-4-6-11/h7-9,11,14,16H,2-6H2,1H3. The van der Waals surface area contributed by atoms with Gasteiger partial charge in [0.2, 0.25) is 0 Å². The van der Waals surface area contributed by atoms with Gasteiger partial charge in [0.05, 0.1) is 6.10 Å². The van der Waals surface area contributed by atoms with Crippen LogP contribution in [0.2, 0.25) is 0 Å². The van der Waals surface area contributed by atoms with Gasteiger partial charge < -0.3 is 5.11 Å².